The monoisotopic (exact) mass is 312 g/mol. The van der Waals surface area contributed by atoms with Crippen LogP contribution in [0.1, 0.15) is 5.56 Å². The van der Waals surface area contributed by atoms with Crippen LogP contribution in [0.5, 0.6) is 11.5 Å². The molecule has 0 fully saturated rings. The van der Waals surface area contributed by atoms with E-state index < -0.39 is 12.5 Å². The van der Waals surface area contributed by atoms with Gasteiger partial charge in [-0.1, -0.05) is 30.3 Å². The minimum Gasteiger partial charge on any atom is -0.491 e. The molecule has 2 aromatic rings. The first kappa shape index (κ1) is 16.2. The van der Waals surface area contributed by atoms with Gasteiger partial charge in [0, 0.05) is 6.42 Å². The summed E-state index contributed by atoms with van der Waals surface area (Å²) in [5.41, 5.74) is 0.533. The number of benzene rings is 2. The molecular weight excluding hydrogens is 297 g/mol. The van der Waals surface area contributed by atoms with Crippen molar-refractivity contribution in [1.29, 1.82) is 0 Å². The molecule has 2 rings (SSSR count). The molecule has 0 spiro atoms. The van der Waals surface area contributed by atoms with Crippen molar-refractivity contribution in [3.63, 3.8) is 0 Å². The fourth-order valence-electron chi connectivity index (χ4n) is 1.91. The zero-order valence-electron chi connectivity index (χ0n) is 11.6. The summed E-state index contributed by atoms with van der Waals surface area (Å²) in [5.74, 6) is 0.317. The van der Waals surface area contributed by atoms with Gasteiger partial charge < -0.3 is 14.6 Å². The highest BCUT2D eigenvalue weighted by molar-refractivity contribution is 5.29. The van der Waals surface area contributed by atoms with Gasteiger partial charge in [0.2, 0.25) is 0 Å². The third-order valence-corrected chi connectivity index (χ3v) is 2.79. The molecule has 0 amide bonds. The van der Waals surface area contributed by atoms with Gasteiger partial charge in [0.25, 0.3) is 0 Å². The van der Waals surface area contributed by atoms with Crippen molar-refractivity contribution in [3.8, 4) is 11.5 Å². The van der Waals surface area contributed by atoms with Crippen LogP contribution in [0.4, 0.5) is 13.2 Å². The fourth-order valence-corrected chi connectivity index (χ4v) is 1.91. The van der Waals surface area contributed by atoms with Gasteiger partial charge in [-0.3, -0.25) is 0 Å². The van der Waals surface area contributed by atoms with Crippen molar-refractivity contribution in [2.45, 2.75) is 18.9 Å². The van der Waals surface area contributed by atoms with Gasteiger partial charge in [-0.15, -0.1) is 13.2 Å². The maximum Gasteiger partial charge on any atom is 0.573 e. The number of aliphatic hydroxyl groups excluding tert-OH is 1. The average Bonchev–Trinajstić information content (AvgIpc) is 2.45. The molecule has 1 atom stereocenters. The van der Waals surface area contributed by atoms with Gasteiger partial charge in [-0.25, -0.2) is 0 Å². The molecule has 0 aliphatic carbocycles. The smallest absolute Gasteiger partial charge is 0.491 e. The second-order valence-corrected chi connectivity index (χ2v) is 4.68. The fraction of sp³-hybridized carbons (Fsp3) is 0.250. The lowest BCUT2D eigenvalue weighted by atomic mass is 10.1. The lowest BCUT2D eigenvalue weighted by Gasteiger charge is -2.14. The van der Waals surface area contributed by atoms with Crippen LogP contribution in [0.2, 0.25) is 0 Å². The number of rotatable bonds is 6. The van der Waals surface area contributed by atoms with E-state index in [9.17, 15) is 18.3 Å². The van der Waals surface area contributed by atoms with Gasteiger partial charge in [-0.05, 0) is 29.8 Å². The molecule has 1 N–H and O–H groups in total. The molecular formula is C16H15F3O3. The summed E-state index contributed by atoms with van der Waals surface area (Å²) in [6.45, 7) is 0.0500. The molecule has 1 unspecified atom stereocenters. The summed E-state index contributed by atoms with van der Waals surface area (Å²) in [6.07, 6.45) is -5.39. The van der Waals surface area contributed by atoms with Crippen LogP contribution in [0.15, 0.2) is 54.6 Å². The summed E-state index contributed by atoms with van der Waals surface area (Å²) >= 11 is 0. The Labute approximate surface area is 125 Å². The van der Waals surface area contributed by atoms with Crippen LogP contribution in [0, 0.1) is 0 Å². The molecule has 0 saturated heterocycles. The standard InChI is InChI=1S/C16H15F3O3/c17-16(18,19)22-15-8-4-5-12(10-15)9-13(20)11-21-14-6-2-1-3-7-14/h1-8,10,13,20H,9,11H2. The Hall–Kier alpha value is -2.21. The van der Waals surface area contributed by atoms with Crippen LogP contribution in [-0.2, 0) is 6.42 Å². The average molecular weight is 312 g/mol. The predicted molar refractivity (Wildman–Crippen MR) is 74.8 cm³/mol. The molecule has 2 aromatic carbocycles. The third kappa shape index (κ3) is 5.65. The van der Waals surface area contributed by atoms with Crippen LogP contribution >= 0.6 is 0 Å². The van der Waals surface area contributed by atoms with E-state index in [0.717, 1.165) is 0 Å². The number of hydrogen-bond donors (Lipinski definition) is 1. The minimum absolute atomic E-state index is 0.0500. The third-order valence-electron chi connectivity index (χ3n) is 2.79. The van der Waals surface area contributed by atoms with Gasteiger partial charge in [0.05, 0.1) is 6.10 Å². The Bertz CT molecular complexity index is 585. The first-order valence-corrected chi connectivity index (χ1v) is 6.63. The first-order chi connectivity index (χ1) is 10.4. The Morgan fingerprint density at radius 2 is 1.64 bits per heavy atom. The normalized spacial score (nSPS) is 12.7. The van der Waals surface area contributed by atoms with Gasteiger partial charge >= 0.3 is 6.36 Å². The summed E-state index contributed by atoms with van der Waals surface area (Å²) in [5, 5.41) is 9.90. The van der Waals surface area contributed by atoms with E-state index in [4.69, 9.17) is 4.74 Å². The molecule has 0 radical (unpaired) electrons. The van der Waals surface area contributed by atoms with Crippen molar-refractivity contribution in [3.05, 3.63) is 60.2 Å². The topological polar surface area (TPSA) is 38.7 Å². The predicted octanol–water partition coefficient (Wildman–Crippen LogP) is 3.57. The van der Waals surface area contributed by atoms with Gasteiger partial charge in [0.15, 0.2) is 0 Å². The largest absolute Gasteiger partial charge is 0.573 e. The molecule has 0 aliphatic rings. The molecule has 0 aliphatic heterocycles. The SMILES string of the molecule is OC(COc1ccccc1)Cc1cccc(OC(F)(F)F)c1. The van der Waals surface area contributed by atoms with E-state index in [1.165, 1.54) is 18.2 Å². The molecule has 0 bridgehead atoms. The maximum atomic E-state index is 12.2. The molecule has 3 nitrogen and oxygen atoms in total. The van der Waals surface area contributed by atoms with Gasteiger partial charge in [-0.2, -0.15) is 0 Å². The molecule has 0 heterocycles. The summed E-state index contributed by atoms with van der Waals surface area (Å²) in [6, 6.07) is 14.5. The highest BCUT2D eigenvalue weighted by atomic mass is 19.4. The van der Waals surface area contributed by atoms with Crippen molar-refractivity contribution >= 4 is 0 Å². The van der Waals surface area contributed by atoms with Crippen LogP contribution < -0.4 is 9.47 Å². The molecule has 118 valence electrons. The molecule has 6 heteroatoms. The minimum atomic E-state index is -4.73. The summed E-state index contributed by atoms with van der Waals surface area (Å²) in [4.78, 5) is 0. The lowest BCUT2D eigenvalue weighted by molar-refractivity contribution is -0.274. The number of para-hydroxylation sites is 1. The zero-order valence-corrected chi connectivity index (χ0v) is 11.6. The highest BCUT2D eigenvalue weighted by Crippen LogP contribution is 2.23. The number of aliphatic hydroxyl groups is 1. The van der Waals surface area contributed by atoms with Gasteiger partial charge in [0.1, 0.15) is 18.1 Å². The van der Waals surface area contributed by atoms with Crippen molar-refractivity contribution in [1.82, 2.24) is 0 Å². The Morgan fingerprint density at radius 3 is 2.32 bits per heavy atom. The number of alkyl halides is 3. The van der Waals surface area contributed by atoms with Crippen LogP contribution in [-0.4, -0.2) is 24.2 Å². The van der Waals surface area contributed by atoms with E-state index in [0.29, 0.717) is 11.3 Å². The van der Waals surface area contributed by atoms with Crippen LogP contribution in [0.3, 0.4) is 0 Å². The number of halogens is 3. The number of hydrogen-bond acceptors (Lipinski definition) is 3. The van der Waals surface area contributed by atoms with E-state index in [2.05, 4.69) is 4.74 Å². The summed E-state index contributed by atoms with van der Waals surface area (Å²) < 4.78 is 45.7. The Kier molecular flexibility index (Phi) is 5.27. The number of ether oxygens (including phenoxy) is 2. The second-order valence-electron chi connectivity index (χ2n) is 4.68. The van der Waals surface area contributed by atoms with Crippen molar-refractivity contribution < 1.29 is 27.8 Å². The van der Waals surface area contributed by atoms with Crippen molar-refractivity contribution in [2.75, 3.05) is 6.61 Å². The Morgan fingerprint density at radius 1 is 0.955 bits per heavy atom. The van der Waals surface area contributed by atoms with Crippen LogP contribution in [0.25, 0.3) is 0 Å². The van der Waals surface area contributed by atoms with Crippen molar-refractivity contribution in [2.24, 2.45) is 0 Å². The quantitative estimate of drug-likeness (QED) is 0.886. The molecule has 22 heavy (non-hydrogen) atoms. The maximum absolute atomic E-state index is 12.2. The summed E-state index contributed by atoms with van der Waals surface area (Å²) in [7, 11) is 0. The first-order valence-electron chi connectivity index (χ1n) is 6.63. The lowest BCUT2D eigenvalue weighted by Crippen LogP contribution is -2.20. The van der Waals surface area contributed by atoms with E-state index in [1.54, 1.807) is 30.3 Å². The van der Waals surface area contributed by atoms with E-state index in [1.807, 2.05) is 6.07 Å². The van der Waals surface area contributed by atoms with E-state index >= 15 is 0 Å². The molecule has 0 saturated carbocycles. The second kappa shape index (κ2) is 7.17. The molecule has 0 aromatic heterocycles. The Balaban J connectivity index is 1.88. The van der Waals surface area contributed by atoms with E-state index in [-0.39, 0.29) is 18.8 Å². The zero-order chi connectivity index (χ0) is 16.0. The highest BCUT2D eigenvalue weighted by Gasteiger charge is 2.31.